The third-order valence-corrected chi connectivity index (χ3v) is 4.16. The van der Waals surface area contributed by atoms with Gasteiger partial charge in [-0.2, -0.15) is 0 Å². The van der Waals surface area contributed by atoms with Crippen LogP contribution in [0.5, 0.6) is 0 Å². The Hall–Kier alpha value is -2.50. The topological polar surface area (TPSA) is 81.6 Å². The molecule has 0 aliphatic heterocycles. The number of hydrogen-bond acceptors (Lipinski definition) is 4. The number of benzene rings is 1. The molecule has 0 atom stereocenters. The van der Waals surface area contributed by atoms with Gasteiger partial charge in [0.2, 0.25) is 0 Å². The Kier molecular flexibility index (Phi) is 4.50. The van der Waals surface area contributed by atoms with Crippen LogP contribution in [0.1, 0.15) is 42.6 Å². The monoisotopic (exact) mass is 314 g/mol. The molecule has 0 radical (unpaired) electrons. The van der Waals surface area contributed by atoms with E-state index in [0.29, 0.717) is 17.2 Å². The van der Waals surface area contributed by atoms with E-state index >= 15 is 0 Å². The quantitative estimate of drug-likeness (QED) is 0.742. The van der Waals surface area contributed by atoms with Crippen molar-refractivity contribution in [3.05, 3.63) is 57.4 Å². The van der Waals surface area contributed by atoms with E-state index in [0.717, 1.165) is 31.9 Å². The average Bonchev–Trinajstić information content (AvgIpc) is 3.02. The van der Waals surface area contributed by atoms with Gasteiger partial charge in [-0.15, -0.1) is 0 Å². The van der Waals surface area contributed by atoms with Crippen molar-refractivity contribution in [1.82, 2.24) is 9.97 Å². The number of anilines is 1. The van der Waals surface area contributed by atoms with Crippen molar-refractivity contribution in [2.45, 2.75) is 38.1 Å². The molecule has 0 amide bonds. The molecule has 1 aromatic carbocycles. The summed E-state index contributed by atoms with van der Waals surface area (Å²) in [6.07, 6.45) is 5.60. The molecule has 120 valence electrons. The van der Waals surface area contributed by atoms with Gasteiger partial charge >= 0.3 is 0 Å². The molecule has 1 saturated carbocycles. The highest BCUT2D eigenvalue weighted by Crippen LogP contribution is 2.22. The Morgan fingerprint density at radius 3 is 2.78 bits per heavy atom. The Morgan fingerprint density at radius 1 is 1.35 bits per heavy atom. The lowest BCUT2D eigenvalue weighted by atomic mass is 10.1. The van der Waals surface area contributed by atoms with Crippen molar-refractivity contribution >= 4 is 12.0 Å². The predicted octanol–water partition coefficient (Wildman–Crippen LogP) is 2.85. The van der Waals surface area contributed by atoms with Crippen molar-refractivity contribution in [1.29, 1.82) is 5.41 Å². The second-order valence-corrected chi connectivity index (χ2v) is 5.81. The Morgan fingerprint density at radius 2 is 2.09 bits per heavy atom. The number of aromatic nitrogens is 2. The molecule has 0 saturated heterocycles. The zero-order chi connectivity index (χ0) is 16.2. The van der Waals surface area contributed by atoms with Gasteiger partial charge in [-0.05, 0) is 24.5 Å². The van der Waals surface area contributed by atoms with E-state index < -0.39 is 0 Å². The maximum Gasteiger partial charge on any atom is 0.261 e. The predicted molar refractivity (Wildman–Crippen MR) is 87.8 cm³/mol. The molecule has 3 N–H and O–H groups in total. The van der Waals surface area contributed by atoms with Crippen molar-refractivity contribution in [2.24, 2.45) is 0 Å². The number of nitrogens with one attached hydrogen (secondary N) is 3. The first-order valence-corrected chi connectivity index (χ1v) is 7.81. The van der Waals surface area contributed by atoms with Gasteiger partial charge in [0.15, 0.2) is 0 Å². The zero-order valence-corrected chi connectivity index (χ0v) is 12.7. The lowest BCUT2D eigenvalue weighted by molar-refractivity contribution is 0.612. The minimum atomic E-state index is -0.373. The second-order valence-electron chi connectivity index (χ2n) is 5.81. The Labute approximate surface area is 133 Å². The van der Waals surface area contributed by atoms with Gasteiger partial charge < -0.3 is 15.7 Å². The number of H-pyrrole nitrogens is 1. The summed E-state index contributed by atoms with van der Waals surface area (Å²) in [6.45, 7) is 0. The SMILES string of the molecule is N=Cc1c(NC2CCCC2)nc(Cc2ccccc2F)[nH]c1=O. The Bertz CT molecular complexity index is 765. The van der Waals surface area contributed by atoms with E-state index in [4.69, 9.17) is 5.41 Å². The lowest BCUT2D eigenvalue weighted by Gasteiger charge is -2.15. The highest BCUT2D eigenvalue weighted by atomic mass is 19.1. The molecule has 23 heavy (non-hydrogen) atoms. The molecular formula is C17H19FN4O. The summed E-state index contributed by atoms with van der Waals surface area (Å²) >= 11 is 0. The van der Waals surface area contributed by atoms with Gasteiger partial charge in [0.1, 0.15) is 17.5 Å². The first kappa shape index (κ1) is 15.4. The van der Waals surface area contributed by atoms with Crippen LogP contribution in [0.2, 0.25) is 0 Å². The van der Waals surface area contributed by atoms with Crippen molar-refractivity contribution in [3.63, 3.8) is 0 Å². The first-order chi connectivity index (χ1) is 11.2. The molecule has 1 aromatic heterocycles. The summed E-state index contributed by atoms with van der Waals surface area (Å²) in [5.74, 6) is 0.491. The number of halogens is 1. The molecule has 3 rings (SSSR count). The van der Waals surface area contributed by atoms with Crippen LogP contribution in [0.4, 0.5) is 10.2 Å². The minimum Gasteiger partial charge on any atom is -0.367 e. The van der Waals surface area contributed by atoms with Gasteiger partial charge in [0.05, 0.1) is 5.56 Å². The van der Waals surface area contributed by atoms with Crippen LogP contribution in [0.25, 0.3) is 0 Å². The van der Waals surface area contributed by atoms with Crippen molar-refractivity contribution < 1.29 is 4.39 Å². The molecule has 2 aromatic rings. The average molecular weight is 314 g/mol. The maximum absolute atomic E-state index is 13.8. The summed E-state index contributed by atoms with van der Waals surface area (Å²) < 4.78 is 13.8. The normalized spacial score (nSPS) is 14.8. The summed E-state index contributed by atoms with van der Waals surface area (Å²) in [5.41, 5.74) is 0.320. The molecule has 1 aliphatic carbocycles. The van der Waals surface area contributed by atoms with Gasteiger partial charge in [-0.3, -0.25) is 4.79 Å². The smallest absolute Gasteiger partial charge is 0.261 e. The van der Waals surface area contributed by atoms with Crippen LogP contribution in [-0.4, -0.2) is 22.2 Å². The third-order valence-electron chi connectivity index (χ3n) is 4.16. The van der Waals surface area contributed by atoms with E-state index in [2.05, 4.69) is 15.3 Å². The molecule has 6 heteroatoms. The molecule has 0 bridgehead atoms. The molecule has 1 fully saturated rings. The largest absolute Gasteiger partial charge is 0.367 e. The van der Waals surface area contributed by atoms with E-state index in [1.54, 1.807) is 18.2 Å². The number of aromatic amines is 1. The fourth-order valence-electron chi connectivity index (χ4n) is 2.94. The Balaban J connectivity index is 1.92. The van der Waals surface area contributed by atoms with E-state index in [1.807, 2.05) is 0 Å². The summed E-state index contributed by atoms with van der Waals surface area (Å²) in [7, 11) is 0. The van der Waals surface area contributed by atoms with Crippen LogP contribution in [-0.2, 0) is 6.42 Å². The van der Waals surface area contributed by atoms with E-state index in [1.165, 1.54) is 6.07 Å². The van der Waals surface area contributed by atoms with Crippen molar-refractivity contribution in [2.75, 3.05) is 5.32 Å². The maximum atomic E-state index is 13.8. The van der Waals surface area contributed by atoms with E-state index in [-0.39, 0.29) is 29.4 Å². The standard InChI is InChI=1S/C17H19FN4O/c18-14-8-4-1-5-11(14)9-15-21-16(13(10-19)17(23)22-15)20-12-6-2-3-7-12/h1,4-5,8,10,12,19H,2-3,6-7,9H2,(H2,20,21,22,23). The number of nitrogens with zero attached hydrogens (tertiary/aromatic N) is 1. The van der Waals surface area contributed by atoms with Gasteiger partial charge in [-0.1, -0.05) is 31.0 Å². The summed E-state index contributed by atoms with van der Waals surface area (Å²) in [5, 5.41) is 10.7. The minimum absolute atomic E-state index is 0.208. The first-order valence-electron chi connectivity index (χ1n) is 7.81. The van der Waals surface area contributed by atoms with Crippen molar-refractivity contribution in [3.8, 4) is 0 Å². The molecule has 0 spiro atoms. The second kappa shape index (κ2) is 6.73. The molecule has 5 nitrogen and oxygen atoms in total. The summed E-state index contributed by atoms with van der Waals surface area (Å²) in [6, 6.07) is 6.71. The lowest BCUT2D eigenvalue weighted by Crippen LogP contribution is -2.24. The zero-order valence-electron chi connectivity index (χ0n) is 12.7. The third kappa shape index (κ3) is 3.47. The molecule has 1 aliphatic rings. The highest BCUT2D eigenvalue weighted by Gasteiger charge is 2.18. The summed E-state index contributed by atoms with van der Waals surface area (Å²) in [4.78, 5) is 19.2. The van der Waals surface area contributed by atoms with Crippen LogP contribution in [0.3, 0.4) is 0 Å². The van der Waals surface area contributed by atoms with Gasteiger partial charge in [0.25, 0.3) is 5.56 Å². The molecular weight excluding hydrogens is 295 g/mol. The van der Waals surface area contributed by atoms with Gasteiger partial charge in [0, 0.05) is 18.7 Å². The van der Waals surface area contributed by atoms with Crippen LogP contribution < -0.4 is 10.9 Å². The molecule has 1 heterocycles. The number of rotatable bonds is 5. The molecule has 0 unspecified atom stereocenters. The van der Waals surface area contributed by atoms with Crippen LogP contribution in [0, 0.1) is 11.2 Å². The highest BCUT2D eigenvalue weighted by molar-refractivity contribution is 5.83. The number of hydrogen-bond donors (Lipinski definition) is 3. The van der Waals surface area contributed by atoms with Crippen LogP contribution >= 0.6 is 0 Å². The van der Waals surface area contributed by atoms with Gasteiger partial charge in [-0.25, -0.2) is 9.37 Å². The fraction of sp³-hybridized carbons (Fsp3) is 0.353. The van der Waals surface area contributed by atoms with E-state index in [9.17, 15) is 9.18 Å². The fourth-order valence-corrected chi connectivity index (χ4v) is 2.94. The van der Waals surface area contributed by atoms with Crippen LogP contribution in [0.15, 0.2) is 29.1 Å².